The minimum Gasteiger partial charge on any atom is -0.469 e. The van der Waals surface area contributed by atoms with Crippen molar-refractivity contribution in [3.8, 4) is 0 Å². The fourth-order valence-corrected chi connectivity index (χ4v) is 7.04. The highest BCUT2D eigenvalue weighted by atomic mass is 32.2. The molecule has 7 heteroatoms. The minimum absolute atomic E-state index is 0.108. The Kier molecular flexibility index (Phi) is 4.99. The number of fused-ring (bicyclic) bond motifs is 1. The molecule has 0 aromatic carbocycles. The minimum atomic E-state index is -3.47. The monoisotopic (exact) mass is 344 g/mol. The fourth-order valence-electron chi connectivity index (χ4n) is 4.75. The van der Waals surface area contributed by atoms with E-state index in [2.05, 4.69) is 0 Å². The van der Waals surface area contributed by atoms with E-state index in [0.717, 1.165) is 32.1 Å². The van der Waals surface area contributed by atoms with Gasteiger partial charge in [-0.15, -0.1) is 0 Å². The third-order valence-electron chi connectivity index (χ3n) is 6.07. The van der Waals surface area contributed by atoms with Crippen LogP contribution in [0.1, 0.15) is 44.9 Å². The number of hydrogen-bond acceptors (Lipinski definition) is 5. The molecule has 0 radical (unpaired) electrons. The van der Waals surface area contributed by atoms with Gasteiger partial charge in [0.05, 0.1) is 18.3 Å². The molecule has 0 aromatic heterocycles. The topological polar surface area (TPSA) is 89.7 Å². The van der Waals surface area contributed by atoms with Crippen molar-refractivity contribution >= 4 is 16.0 Å². The first-order chi connectivity index (χ1) is 10.9. The zero-order chi connectivity index (χ0) is 16.6. The van der Waals surface area contributed by atoms with Crippen LogP contribution in [0.15, 0.2) is 0 Å². The van der Waals surface area contributed by atoms with E-state index in [1.165, 1.54) is 7.11 Å². The lowest BCUT2D eigenvalue weighted by atomic mass is 9.78. The summed E-state index contributed by atoms with van der Waals surface area (Å²) in [4.78, 5) is 12.0. The van der Waals surface area contributed by atoms with Gasteiger partial charge in [0.15, 0.2) is 0 Å². The number of rotatable bonds is 3. The second-order valence-electron chi connectivity index (χ2n) is 7.33. The molecule has 6 nitrogen and oxygen atoms in total. The van der Waals surface area contributed by atoms with E-state index in [-0.39, 0.29) is 17.9 Å². The molecular formula is C16H28N2O4S. The maximum Gasteiger partial charge on any atom is 0.310 e. The van der Waals surface area contributed by atoms with Gasteiger partial charge in [0, 0.05) is 19.1 Å². The van der Waals surface area contributed by atoms with Crippen LogP contribution in [0.25, 0.3) is 0 Å². The van der Waals surface area contributed by atoms with Gasteiger partial charge < -0.3 is 10.5 Å². The maximum absolute atomic E-state index is 13.1. The van der Waals surface area contributed by atoms with Gasteiger partial charge in [0.2, 0.25) is 10.0 Å². The Bertz CT molecular complexity index is 550. The number of nitrogens with two attached hydrogens (primary N) is 1. The molecule has 3 fully saturated rings. The average molecular weight is 344 g/mol. The summed E-state index contributed by atoms with van der Waals surface area (Å²) in [5.74, 6) is -0.242. The highest BCUT2D eigenvalue weighted by Crippen LogP contribution is 2.40. The Labute approximate surface area is 138 Å². The largest absolute Gasteiger partial charge is 0.469 e. The maximum atomic E-state index is 13.1. The first-order valence-electron chi connectivity index (χ1n) is 8.77. The summed E-state index contributed by atoms with van der Waals surface area (Å²) in [6.07, 6.45) is 6.06. The summed E-state index contributed by atoms with van der Waals surface area (Å²) in [5.41, 5.74) is 6.21. The number of methoxy groups -OCH3 is 1. The Hall–Kier alpha value is -0.660. The molecule has 5 atom stereocenters. The van der Waals surface area contributed by atoms with Crippen molar-refractivity contribution in [1.29, 1.82) is 0 Å². The molecular weight excluding hydrogens is 316 g/mol. The standard InChI is InChI=1S/C16H28N2O4S/c1-22-16(19)12-6-2-3-8-15(12)23(20,21)18-9-11-5-4-7-14(17)13(11)10-18/h11-15H,2-10,17H2,1H3. The Morgan fingerprint density at radius 2 is 1.83 bits per heavy atom. The zero-order valence-electron chi connectivity index (χ0n) is 13.8. The van der Waals surface area contributed by atoms with Crippen LogP contribution in [-0.2, 0) is 19.6 Å². The van der Waals surface area contributed by atoms with Gasteiger partial charge in [-0.2, -0.15) is 0 Å². The second-order valence-corrected chi connectivity index (χ2v) is 9.49. The van der Waals surface area contributed by atoms with E-state index in [0.29, 0.717) is 31.8 Å². The lowest BCUT2D eigenvalue weighted by molar-refractivity contribution is -0.146. The van der Waals surface area contributed by atoms with Gasteiger partial charge in [-0.3, -0.25) is 4.79 Å². The number of esters is 1. The molecule has 2 N–H and O–H groups in total. The van der Waals surface area contributed by atoms with Crippen LogP contribution >= 0.6 is 0 Å². The van der Waals surface area contributed by atoms with Crippen molar-refractivity contribution in [2.45, 2.75) is 56.2 Å². The predicted molar refractivity (Wildman–Crippen MR) is 87.1 cm³/mol. The van der Waals surface area contributed by atoms with E-state index >= 15 is 0 Å². The van der Waals surface area contributed by atoms with E-state index in [9.17, 15) is 13.2 Å². The fraction of sp³-hybridized carbons (Fsp3) is 0.938. The van der Waals surface area contributed by atoms with Gasteiger partial charge in [0.25, 0.3) is 0 Å². The number of carbonyl (C=O) groups is 1. The molecule has 132 valence electrons. The molecule has 2 saturated carbocycles. The number of ether oxygens (including phenoxy) is 1. The Morgan fingerprint density at radius 3 is 2.52 bits per heavy atom. The number of carbonyl (C=O) groups excluding carboxylic acids is 1. The Balaban J connectivity index is 1.79. The van der Waals surface area contributed by atoms with Crippen LogP contribution < -0.4 is 5.73 Å². The molecule has 1 aliphatic heterocycles. The first-order valence-corrected chi connectivity index (χ1v) is 10.3. The highest BCUT2D eigenvalue weighted by molar-refractivity contribution is 7.89. The van der Waals surface area contributed by atoms with Gasteiger partial charge in [-0.05, 0) is 37.5 Å². The molecule has 23 heavy (non-hydrogen) atoms. The van der Waals surface area contributed by atoms with Crippen LogP contribution in [0.5, 0.6) is 0 Å². The number of sulfonamides is 1. The van der Waals surface area contributed by atoms with Crippen LogP contribution in [0.3, 0.4) is 0 Å². The quantitative estimate of drug-likeness (QED) is 0.775. The molecule has 1 saturated heterocycles. The summed E-state index contributed by atoms with van der Waals surface area (Å²) >= 11 is 0. The van der Waals surface area contributed by atoms with Crippen molar-refractivity contribution in [3.63, 3.8) is 0 Å². The van der Waals surface area contributed by atoms with E-state index in [4.69, 9.17) is 10.5 Å². The van der Waals surface area contributed by atoms with Gasteiger partial charge in [0.1, 0.15) is 0 Å². The normalized spacial score (nSPS) is 39.0. The molecule has 3 aliphatic rings. The van der Waals surface area contributed by atoms with Crippen molar-refractivity contribution in [2.75, 3.05) is 20.2 Å². The van der Waals surface area contributed by atoms with Crippen molar-refractivity contribution in [2.24, 2.45) is 23.5 Å². The SMILES string of the molecule is COC(=O)C1CCCCC1S(=O)(=O)N1CC2CCCC(N)C2C1. The second kappa shape index (κ2) is 6.69. The molecule has 1 heterocycles. The molecule has 0 spiro atoms. The van der Waals surface area contributed by atoms with E-state index in [1.54, 1.807) is 4.31 Å². The van der Waals surface area contributed by atoms with E-state index < -0.39 is 21.2 Å². The first kappa shape index (κ1) is 17.2. The summed E-state index contributed by atoms with van der Waals surface area (Å²) < 4.78 is 32.8. The average Bonchev–Trinajstić information content (AvgIpc) is 3.00. The number of nitrogens with zero attached hydrogens (tertiary/aromatic N) is 1. The molecule has 0 bridgehead atoms. The van der Waals surface area contributed by atoms with Crippen LogP contribution in [-0.4, -0.2) is 50.2 Å². The summed E-state index contributed by atoms with van der Waals surface area (Å²) in [7, 11) is -2.13. The summed E-state index contributed by atoms with van der Waals surface area (Å²) in [6.45, 7) is 1.10. The smallest absolute Gasteiger partial charge is 0.310 e. The molecule has 0 aromatic rings. The van der Waals surface area contributed by atoms with Crippen molar-refractivity contribution < 1.29 is 17.9 Å². The van der Waals surface area contributed by atoms with Gasteiger partial charge >= 0.3 is 5.97 Å². The van der Waals surface area contributed by atoms with E-state index in [1.807, 2.05) is 0 Å². The summed E-state index contributed by atoms with van der Waals surface area (Å²) in [6, 6.07) is 0.108. The van der Waals surface area contributed by atoms with Gasteiger partial charge in [-0.25, -0.2) is 12.7 Å². The highest BCUT2D eigenvalue weighted by Gasteiger charge is 2.48. The third kappa shape index (κ3) is 3.15. The van der Waals surface area contributed by atoms with Crippen molar-refractivity contribution in [3.05, 3.63) is 0 Å². The predicted octanol–water partition coefficient (Wildman–Crippen LogP) is 1.11. The lowest BCUT2D eigenvalue weighted by Crippen LogP contribution is -2.46. The molecule has 3 rings (SSSR count). The molecule has 5 unspecified atom stereocenters. The van der Waals surface area contributed by atoms with Crippen LogP contribution in [0.2, 0.25) is 0 Å². The third-order valence-corrected chi connectivity index (χ3v) is 8.42. The number of hydrogen-bond donors (Lipinski definition) is 1. The molecule has 2 aliphatic carbocycles. The Morgan fingerprint density at radius 1 is 1.09 bits per heavy atom. The molecule has 0 amide bonds. The zero-order valence-corrected chi connectivity index (χ0v) is 14.6. The summed E-state index contributed by atoms with van der Waals surface area (Å²) in [5, 5.41) is -0.625. The van der Waals surface area contributed by atoms with Crippen LogP contribution in [0, 0.1) is 17.8 Å². The lowest BCUT2D eigenvalue weighted by Gasteiger charge is -2.32. The van der Waals surface area contributed by atoms with Crippen LogP contribution in [0.4, 0.5) is 0 Å². The van der Waals surface area contributed by atoms with Crippen molar-refractivity contribution in [1.82, 2.24) is 4.31 Å². The van der Waals surface area contributed by atoms with Gasteiger partial charge in [-0.1, -0.05) is 19.3 Å².